The summed E-state index contributed by atoms with van der Waals surface area (Å²) in [6.07, 6.45) is 3.97. The number of imidazole rings is 1. The molecule has 5 rings (SSSR count). The standard InChI is InChI=1S/C24H24Cl2F2N8O/c25-16-7-12(10-29)8-17(26)19(16)34-23-33-18-11-31-22(32-14-5-6-24(27,28)9-14)35-21(18)36(23)15-3-1-13(2-4-15)20(30)37/h7-8,11,13-15H,1-6,9H2,(H2,30,37)(H,33,34)(H,31,32,35)/t13-,14-,15+/m1/s1. The van der Waals surface area contributed by atoms with Gasteiger partial charge in [0.25, 0.3) is 0 Å². The monoisotopic (exact) mass is 548 g/mol. The SMILES string of the molecule is N#Cc1cc(Cl)c(Nc2nc3cnc(N[C@@H]4CCC(F)(F)C4)nc3n2[C@H]2CC[C@@H](C(N)=O)CC2)c(Cl)c1. The molecule has 0 unspecified atom stereocenters. The predicted molar refractivity (Wildman–Crippen MR) is 136 cm³/mol. The van der Waals surface area contributed by atoms with Gasteiger partial charge in [-0.25, -0.2) is 18.7 Å². The zero-order valence-electron chi connectivity index (χ0n) is 19.6. The number of amides is 1. The Bertz CT molecular complexity index is 1370. The van der Waals surface area contributed by atoms with Crippen molar-refractivity contribution < 1.29 is 13.6 Å². The van der Waals surface area contributed by atoms with Gasteiger partial charge in [0.05, 0.1) is 33.6 Å². The summed E-state index contributed by atoms with van der Waals surface area (Å²) in [5.41, 5.74) is 7.22. The molecule has 1 aromatic carbocycles. The van der Waals surface area contributed by atoms with Crippen molar-refractivity contribution in [2.45, 2.75) is 63.0 Å². The molecule has 1 amide bonds. The van der Waals surface area contributed by atoms with Gasteiger partial charge >= 0.3 is 0 Å². The molecule has 4 N–H and O–H groups in total. The van der Waals surface area contributed by atoms with E-state index in [2.05, 4.69) is 25.6 Å². The van der Waals surface area contributed by atoms with Crippen LogP contribution in [0.25, 0.3) is 11.2 Å². The first kappa shape index (κ1) is 25.4. The van der Waals surface area contributed by atoms with Crippen LogP contribution in [0.1, 0.15) is 56.6 Å². The van der Waals surface area contributed by atoms with E-state index in [1.807, 2.05) is 10.6 Å². The Labute approximate surface area is 221 Å². The fraction of sp³-hybridized carbons (Fsp3) is 0.458. The number of nitrogens with zero attached hydrogens (tertiary/aromatic N) is 5. The van der Waals surface area contributed by atoms with Gasteiger partial charge in [-0.1, -0.05) is 23.2 Å². The third-order valence-electron chi connectivity index (χ3n) is 7.04. The van der Waals surface area contributed by atoms with E-state index in [1.165, 1.54) is 18.3 Å². The summed E-state index contributed by atoms with van der Waals surface area (Å²) in [6.45, 7) is 0. The number of carbonyl (C=O) groups excluding carboxylic acids is 1. The topological polar surface area (TPSA) is 135 Å². The lowest BCUT2D eigenvalue weighted by atomic mass is 9.85. The van der Waals surface area contributed by atoms with Gasteiger partial charge in [0.2, 0.25) is 23.7 Å². The number of primary amides is 1. The molecule has 2 heterocycles. The first-order valence-corrected chi connectivity index (χ1v) is 12.7. The molecule has 0 bridgehead atoms. The third kappa shape index (κ3) is 5.26. The van der Waals surface area contributed by atoms with Crippen molar-refractivity contribution in [2.24, 2.45) is 11.7 Å². The molecule has 2 aliphatic rings. The Morgan fingerprint density at radius 1 is 1.16 bits per heavy atom. The van der Waals surface area contributed by atoms with Crippen LogP contribution in [0.2, 0.25) is 10.0 Å². The molecule has 37 heavy (non-hydrogen) atoms. The second-order valence-electron chi connectivity index (χ2n) is 9.61. The predicted octanol–water partition coefficient (Wildman–Crippen LogP) is 5.56. The average molecular weight is 549 g/mol. The van der Waals surface area contributed by atoms with Crippen molar-refractivity contribution in [2.75, 3.05) is 10.6 Å². The molecule has 2 aliphatic carbocycles. The number of halogens is 4. The number of benzene rings is 1. The number of fused-ring (bicyclic) bond motifs is 1. The summed E-state index contributed by atoms with van der Waals surface area (Å²) >= 11 is 12.8. The maximum absolute atomic E-state index is 13.7. The minimum Gasteiger partial charge on any atom is -0.369 e. The number of nitrogens with one attached hydrogen (secondary N) is 2. The van der Waals surface area contributed by atoms with Crippen molar-refractivity contribution >= 4 is 57.9 Å². The molecule has 0 spiro atoms. The Balaban J connectivity index is 1.52. The molecule has 9 nitrogen and oxygen atoms in total. The number of carbonyl (C=O) groups is 1. The normalized spacial score (nSPS) is 23.1. The van der Waals surface area contributed by atoms with Gasteiger partial charge in [0.15, 0.2) is 5.65 Å². The number of nitriles is 1. The fourth-order valence-corrected chi connectivity index (χ4v) is 5.72. The summed E-state index contributed by atoms with van der Waals surface area (Å²) in [4.78, 5) is 25.3. The lowest BCUT2D eigenvalue weighted by Crippen LogP contribution is -2.29. The Morgan fingerprint density at radius 2 is 1.86 bits per heavy atom. The van der Waals surface area contributed by atoms with Gasteiger partial charge in [-0.15, -0.1) is 0 Å². The van der Waals surface area contributed by atoms with E-state index in [9.17, 15) is 18.8 Å². The van der Waals surface area contributed by atoms with Gasteiger partial charge in [0.1, 0.15) is 5.52 Å². The van der Waals surface area contributed by atoms with Crippen LogP contribution in [0.15, 0.2) is 18.3 Å². The van der Waals surface area contributed by atoms with Gasteiger partial charge in [-0.3, -0.25) is 9.36 Å². The van der Waals surface area contributed by atoms with Crippen LogP contribution >= 0.6 is 23.2 Å². The van der Waals surface area contributed by atoms with E-state index in [-0.39, 0.29) is 46.7 Å². The lowest BCUT2D eigenvalue weighted by molar-refractivity contribution is -0.122. The quantitative estimate of drug-likeness (QED) is 0.366. The molecule has 2 fully saturated rings. The van der Waals surface area contributed by atoms with E-state index in [0.717, 1.165) is 0 Å². The number of alkyl halides is 2. The highest BCUT2D eigenvalue weighted by Crippen LogP contribution is 2.40. The Morgan fingerprint density at radius 3 is 2.46 bits per heavy atom. The third-order valence-corrected chi connectivity index (χ3v) is 7.64. The summed E-state index contributed by atoms with van der Waals surface area (Å²) in [7, 11) is 0. The summed E-state index contributed by atoms with van der Waals surface area (Å²) in [5, 5.41) is 15.9. The maximum atomic E-state index is 13.7. The first-order chi connectivity index (χ1) is 17.6. The average Bonchev–Trinajstić information content (AvgIpc) is 3.39. The second kappa shape index (κ2) is 9.91. The van der Waals surface area contributed by atoms with Crippen molar-refractivity contribution in [3.8, 4) is 6.07 Å². The zero-order valence-corrected chi connectivity index (χ0v) is 21.2. The van der Waals surface area contributed by atoms with Crippen LogP contribution in [-0.4, -0.2) is 37.4 Å². The molecule has 13 heteroatoms. The highest BCUT2D eigenvalue weighted by atomic mass is 35.5. The van der Waals surface area contributed by atoms with E-state index >= 15 is 0 Å². The first-order valence-electron chi connectivity index (χ1n) is 12.0. The number of hydrogen-bond donors (Lipinski definition) is 3. The summed E-state index contributed by atoms with van der Waals surface area (Å²) in [5.74, 6) is -2.56. The molecule has 194 valence electrons. The number of aromatic nitrogens is 4. The number of anilines is 3. The molecule has 1 atom stereocenters. The minimum atomic E-state index is -2.70. The highest BCUT2D eigenvalue weighted by Gasteiger charge is 2.39. The molecule has 2 aromatic heterocycles. The van der Waals surface area contributed by atoms with Crippen molar-refractivity contribution in [3.63, 3.8) is 0 Å². The Hall–Kier alpha value is -3.23. The van der Waals surface area contributed by atoms with E-state index in [4.69, 9.17) is 28.9 Å². The minimum absolute atomic E-state index is 0.0717. The largest absolute Gasteiger partial charge is 0.369 e. The van der Waals surface area contributed by atoms with Crippen LogP contribution in [0.5, 0.6) is 0 Å². The highest BCUT2D eigenvalue weighted by molar-refractivity contribution is 6.39. The number of hydrogen-bond acceptors (Lipinski definition) is 7. The van der Waals surface area contributed by atoms with Crippen LogP contribution < -0.4 is 16.4 Å². The molecular formula is C24H24Cl2F2N8O. The number of rotatable bonds is 6. The van der Waals surface area contributed by atoms with Gasteiger partial charge < -0.3 is 16.4 Å². The zero-order chi connectivity index (χ0) is 26.3. The van der Waals surface area contributed by atoms with E-state index in [1.54, 1.807) is 0 Å². The molecule has 0 saturated heterocycles. The van der Waals surface area contributed by atoms with E-state index in [0.29, 0.717) is 60.5 Å². The van der Waals surface area contributed by atoms with E-state index < -0.39 is 12.0 Å². The van der Waals surface area contributed by atoms with Crippen LogP contribution in [0.4, 0.5) is 26.4 Å². The van der Waals surface area contributed by atoms with Gasteiger partial charge in [-0.05, 0) is 44.2 Å². The van der Waals surface area contributed by atoms with Gasteiger partial charge in [-0.2, -0.15) is 10.2 Å². The van der Waals surface area contributed by atoms with Crippen LogP contribution in [0.3, 0.4) is 0 Å². The van der Waals surface area contributed by atoms with Gasteiger partial charge in [0, 0.05) is 30.8 Å². The summed E-state index contributed by atoms with van der Waals surface area (Å²) < 4.78 is 29.3. The smallest absolute Gasteiger partial charge is 0.250 e. The maximum Gasteiger partial charge on any atom is 0.250 e. The van der Waals surface area contributed by atoms with Crippen LogP contribution in [-0.2, 0) is 4.79 Å². The Kier molecular flexibility index (Phi) is 6.81. The number of nitrogens with two attached hydrogens (primary N) is 1. The molecule has 3 aromatic rings. The molecule has 0 radical (unpaired) electrons. The second-order valence-corrected chi connectivity index (χ2v) is 10.4. The fourth-order valence-electron chi connectivity index (χ4n) is 5.14. The van der Waals surface area contributed by atoms with Crippen LogP contribution in [0, 0.1) is 17.2 Å². The molecule has 2 saturated carbocycles. The lowest BCUT2D eigenvalue weighted by Gasteiger charge is -2.29. The molecule has 0 aliphatic heterocycles. The van der Waals surface area contributed by atoms with Crippen molar-refractivity contribution in [1.82, 2.24) is 19.5 Å². The van der Waals surface area contributed by atoms with Crippen molar-refractivity contribution in [1.29, 1.82) is 5.26 Å². The molecular weight excluding hydrogens is 525 g/mol. The van der Waals surface area contributed by atoms with Crippen molar-refractivity contribution in [3.05, 3.63) is 33.9 Å². The summed E-state index contributed by atoms with van der Waals surface area (Å²) in [6, 6.07) is 4.51.